The van der Waals surface area contributed by atoms with Crippen molar-refractivity contribution in [2.75, 3.05) is 35.8 Å². The fourth-order valence-corrected chi connectivity index (χ4v) is 6.27. The number of hydrogen-bond donors (Lipinski definition) is 4. The van der Waals surface area contributed by atoms with Crippen LogP contribution in [0.5, 0.6) is 0 Å². The van der Waals surface area contributed by atoms with Gasteiger partial charge in [0.05, 0.1) is 11.7 Å². The van der Waals surface area contributed by atoms with E-state index in [-0.39, 0.29) is 91.0 Å². The van der Waals surface area contributed by atoms with Crippen LogP contribution >= 0.6 is 34.9 Å². The van der Waals surface area contributed by atoms with Crippen LogP contribution in [0, 0.1) is 0 Å². The van der Waals surface area contributed by atoms with Crippen molar-refractivity contribution in [3.8, 4) is 0 Å². The number of carboxylic acids is 1. The van der Waals surface area contributed by atoms with E-state index in [9.17, 15) is 19.5 Å². The number of aromatic nitrogens is 3. The number of carbonyl (C=O) groups excluding carboxylic acids is 3. The van der Waals surface area contributed by atoms with Crippen molar-refractivity contribution in [1.29, 1.82) is 0 Å². The van der Waals surface area contributed by atoms with E-state index >= 15 is 0 Å². The molecule has 2 aromatic rings. The molecule has 200 valence electrons. The number of aliphatic carboxylic acids is 1. The maximum Gasteiger partial charge on any atom is 1.00 e. The Balaban J connectivity index is 0.00000241. The van der Waals surface area contributed by atoms with Crippen molar-refractivity contribution in [1.82, 2.24) is 25.2 Å². The number of oxime groups is 1. The SMILES string of the molecule is CON=C(C(=O)N[C@@H]1C(=O)N2C(C(=O)[O-])=C(CSc3nc(N)cc(N)n3)CS[C@@H]12)c1csc(N)n1.O.O.[Na+]. The van der Waals surface area contributed by atoms with E-state index in [0.29, 0.717) is 5.57 Å². The van der Waals surface area contributed by atoms with Gasteiger partial charge in [-0.05, 0) is 5.57 Å². The van der Waals surface area contributed by atoms with Crippen molar-refractivity contribution >= 4 is 75.1 Å². The van der Waals surface area contributed by atoms with Gasteiger partial charge in [0.25, 0.3) is 11.8 Å². The molecule has 2 aromatic heterocycles. The molecule has 0 saturated carbocycles. The number of fused-ring (bicyclic) bond motifs is 1. The Labute approximate surface area is 249 Å². The molecule has 2 atom stereocenters. The third-order valence-electron chi connectivity index (χ3n) is 4.81. The summed E-state index contributed by atoms with van der Waals surface area (Å²) in [5.74, 6) is -2.01. The minimum absolute atomic E-state index is 0. The number of nitrogens with two attached hydrogens (primary N) is 3. The Bertz CT molecular complexity index is 1260. The second-order valence-corrected chi connectivity index (χ2v) is 10.0. The van der Waals surface area contributed by atoms with Crippen LogP contribution in [0.4, 0.5) is 16.8 Å². The largest absolute Gasteiger partial charge is 1.00 e. The van der Waals surface area contributed by atoms with Gasteiger partial charge in [0, 0.05) is 23.0 Å². The van der Waals surface area contributed by atoms with Gasteiger partial charge in [-0.2, -0.15) is 0 Å². The first-order valence-electron chi connectivity index (χ1n) is 9.73. The van der Waals surface area contributed by atoms with Crippen LogP contribution in [-0.2, 0) is 19.2 Å². The van der Waals surface area contributed by atoms with Gasteiger partial charge in [0.2, 0.25) is 0 Å². The van der Waals surface area contributed by atoms with Crippen LogP contribution < -0.4 is 57.2 Å². The van der Waals surface area contributed by atoms with Crippen molar-refractivity contribution in [3.63, 3.8) is 0 Å². The molecule has 2 amide bonds. The summed E-state index contributed by atoms with van der Waals surface area (Å²) < 4.78 is 0. The average molecular weight is 596 g/mol. The number of thioether (sulfide) groups is 2. The molecule has 0 unspecified atom stereocenters. The number of β-lactam (4-membered cyclic amide) rings is 1. The number of carboxylic acid groups (broad SMARTS) is 1. The molecule has 0 spiro atoms. The second-order valence-electron chi connectivity index (χ2n) is 7.08. The minimum Gasteiger partial charge on any atom is -0.543 e. The van der Waals surface area contributed by atoms with Crippen molar-refractivity contribution in [3.05, 3.63) is 28.4 Å². The molecule has 4 heterocycles. The van der Waals surface area contributed by atoms with Gasteiger partial charge in [-0.1, -0.05) is 16.9 Å². The molecular formula is C18H22N9NaO7S3. The maximum atomic E-state index is 12.9. The van der Waals surface area contributed by atoms with Crippen LogP contribution in [-0.4, -0.2) is 84.3 Å². The fraction of sp³-hybridized carbons (Fsp3) is 0.278. The molecule has 38 heavy (non-hydrogen) atoms. The van der Waals surface area contributed by atoms with Gasteiger partial charge in [-0.15, -0.1) is 23.1 Å². The maximum absolute atomic E-state index is 12.9. The Morgan fingerprint density at radius 3 is 2.47 bits per heavy atom. The molecular weight excluding hydrogens is 573 g/mol. The van der Waals surface area contributed by atoms with Crippen LogP contribution in [0.1, 0.15) is 5.69 Å². The van der Waals surface area contributed by atoms with Crippen LogP contribution in [0.3, 0.4) is 0 Å². The zero-order valence-electron chi connectivity index (χ0n) is 20.0. The Morgan fingerprint density at radius 2 is 1.92 bits per heavy atom. The third-order valence-corrected chi connectivity index (χ3v) is 7.76. The summed E-state index contributed by atoms with van der Waals surface area (Å²) in [6.45, 7) is 0. The van der Waals surface area contributed by atoms with Gasteiger partial charge in [-0.25, -0.2) is 15.0 Å². The number of anilines is 3. The van der Waals surface area contributed by atoms with Gasteiger partial charge in [0.15, 0.2) is 16.0 Å². The fourth-order valence-electron chi connectivity index (χ4n) is 3.36. The predicted molar refractivity (Wildman–Crippen MR) is 136 cm³/mol. The standard InChI is InChI=1S/C18H19N9O5S3.Na.2H2O/c1-32-26-10(7-5-34-17(21)22-7)13(28)25-11-14(29)27-12(16(30)31)6(3-33-15(11)27)4-35-18-23-8(19)2-9(20)24-18;;;/h2,5,11,15H,3-4H2,1H3,(H2,21,22)(H,25,28)(H,30,31)(H4,19,20,23,24);;2*1H2/q;+1;;/p-1/t11-,15+;;;/m1.../s1. The van der Waals surface area contributed by atoms with E-state index in [4.69, 9.17) is 22.0 Å². The molecule has 4 rings (SSSR count). The van der Waals surface area contributed by atoms with E-state index < -0.39 is 29.2 Å². The number of carbonyl (C=O) groups is 3. The van der Waals surface area contributed by atoms with Gasteiger partial charge < -0.3 is 48.2 Å². The zero-order chi connectivity index (χ0) is 25.3. The molecule has 0 aromatic carbocycles. The molecule has 16 nitrogen and oxygen atoms in total. The van der Waals surface area contributed by atoms with Crippen LogP contribution in [0.15, 0.2) is 33.0 Å². The number of nitrogens with zero attached hydrogens (tertiary/aromatic N) is 5. The van der Waals surface area contributed by atoms with Crippen LogP contribution in [0.25, 0.3) is 0 Å². The zero-order valence-corrected chi connectivity index (χ0v) is 24.4. The Morgan fingerprint density at radius 1 is 1.26 bits per heavy atom. The number of nitrogen functional groups attached to an aromatic ring is 3. The molecule has 2 aliphatic heterocycles. The van der Waals surface area contributed by atoms with E-state index in [1.54, 1.807) is 0 Å². The van der Waals surface area contributed by atoms with Gasteiger partial charge >= 0.3 is 29.6 Å². The van der Waals surface area contributed by atoms with Crippen LogP contribution in [0.2, 0.25) is 0 Å². The molecule has 20 heteroatoms. The molecule has 11 N–H and O–H groups in total. The summed E-state index contributed by atoms with van der Waals surface area (Å²) in [6.07, 6.45) is 0. The van der Waals surface area contributed by atoms with Crippen molar-refractivity contribution < 1.29 is 64.8 Å². The molecule has 0 bridgehead atoms. The van der Waals surface area contributed by atoms with Crippen molar-refractivity contribution in [2.24, 2.45) is 5.16 Å². The minimum atomic E-state index is -1.50. The summed E-state index contributed by atoms with van der Waals surface area (Å²) in [5.41, 5.74) is 17.2. The number of amides is 2. The van der Waals surface area contributed by atoms with E-state index in [0.717, 1.165) is 28.0 Å². The summed E-state index contributed by atoms with van der Waals surface area (Å²) in [4.78, 5) is 55.6. The summed E-state index contributed by atoms with van der Waals surface area (Å²) in [7, 11) is 1.26. The number of hydrogen-bond acceptors (Lipinski definition) is 15. The first-order valence-corrected chi connectivity index (χ1v) is 12.6. The number of thiazole rings is 1. The monoisotopic (exact) mass is 595 g/mol. The van der Waals surface area contributed by atoms with Gasteiger partial charge in [0.1, 0.15) is 35.9 Å². The first-order chi connectivity index (χ1) is 16.7. The predicted octanol–water partition coefficient (Wildman–Crippen LogP) is -6.42. The molecule has 1 fully saturated rings. The number of nitrogens with one attached hydrogen (secondary N) is 1. The Hall–Kier alpha value is -2.65. The summed E-state index contributed by atoms with van der Waals surface area (Å²) in [5, 5.41) is 19.6. The molecule has 0 aliphatic carbocycles. The summed E-state index contributed by atoms with van der Waals surface area (Å²) >= 11 is 3.53. The van der Waals surface area contributed by atoms with E-state index in [2.05, 4.69) is 25.4 Å². The first kappa shape index (κ1) is 33.4. The van der Waals surface area contributed by atoms with E-state index in [1.165, 1.54) is 30.3 Å². The topological polar surface area (TPSA) is 291 Å². The summed E-state index contributed by atoms with van der Waals surface area (Å²) in [6, 6.07) is 0.419. The Kier molecular flexibility index (Phi) is 12.2. The van der Waals surface area contributed by atoms with Crippen molar-refractivity contribution in [2.45, 2.75) is 16.6 Å². The molecule has 2 aliphatic rings. The molecule has 0 radical (unpaired) electrons. The molecule has 1 saturated heterocycles. The normalized spacial score (nSPS) is 18.2. The second kappa shape index (κ2) is 13.9. The number of rotatable bonds is 8. The van der Waals surface area contributed by atoms with Gasteiger partial charge in [-0.3, -0.25) is 14.5 Å². The smallest absolute Gasteiger partial charge is 0.543 e. The third kappa shape index (κ3) is 6.86. The average Bonchev–Trinajstić information content (AvgIpc) is 3.23. The quantitative estimate of drug-likeness (QED) is 0.0552. The van der Waals surface area contributed by atoms with E-state index in [1.807, 2.05) is 0 Å².